The summed E-state index contributed by atoms with van der Waals surface area (Å²) < 4.78 is 5.91. The van der Waals surface area contributed by atoms with E-state index in [1.807, 2.05) is 6.92 Å². The fraction of sp³-hybridized carbons (Fsp3) is 0.889. The molecular formula is C18H31NO3. The predicted octanol–water partition coefficient (Wildman–Crippen LogP) is 3.04. The summed E-state index contributed by atoms with van der Waals surface area (Å²) in [5.74, 6) is 1.86. The number of ketones is 1. The van der Waals surface area contributed by atoms with Crippen LogP contribution in [0.3, 0.4) is 0 Å². The molecule has 126 valence electrons. The summed E-state index contributed by atoms with van der Waals surface area (Å²) in [5, 5.41) is 0. The minimum Gasteiger partial charge on any atom is -0.461 e. The van der Waals surface area contributed by atoms with Crippen molar-refractivity contribution in [3.05, 3.63) is 0 Å². The molecule has 0 spiro atoms. The number of rotatable bonds is 4. The van der Waals surface area contributed by atoms with E-state index in [0.29, 0.717) is 49.5 Å². The van der Waals surface area contributed by atoms with Gasteiger partial charge in [-0.25, -0.2) is 0 Å². The SMILES string of the molecule is CC1CCC(C(C)C)C(OC(=O)C(C)N2CCC(=O)CC2)C1. The first kappa shape index (κ1) is 17.5. The summed E-state index contributed by atoms with van der Waals surface area (Å²) in [4.78, 5) is 25.9. The van der Waals surface area contributed by atoms with E-state index in [1.54, 1.807) is 0 Å². The standard InChI is InChI=1S/C18H31NO3/c1-12(2)16-6-5-13(3)11-17(16)22-18(21)14(4)19-9-7-15(20)8-10-19/h12-14,16-17H,5-11H2,1-4H3. The van der Waals surface area contributed by atoms with Gasteiger partial charge in [0.15, 0.2) is 0 Å². The zero-order valence-electron chi connectivity index (χ0n) is 14.5. The van der Waals surface area contributed by atoms with Crippen molar-refractivity contribution in [1.29, 1.82) is 0 Å². The van der Waals surface area contributed by atoms with E-state index in [-0.39, 0.29) is 18.1 Å². The monoisotopic (exact) mass is 309 g/mol. The van der Waals surface area contributed by atoms with E-state index in [9.17, 15) is 9.59 Å². The van der Waals surface area contributed by atoms with Crippen LogP contribution in [0.1, 0.15) is 59.8 Å². The maximum Gasteiger partial charge on any atom is 0.323 e. The Morgan fingerprint density at radius 1 is 1.18 bits per heavy atom. The lowest BCUT2D eigenvalue weighted by Gasteiger charge is -2.38. The Morgan fingerprint density at radius 3 is 2.41 bits per heavy atom. The maximum absolute atomic E-state index is 12.5. The summed E-state index contributed by atoms with van der Waals surface area (Å²) in [6.07, 6.45) is 4.56. The van der Waals surface area contributed by atoms with Gasteiger partial charge in [-0.1, -0.05) is 27.2 Å². The van der Waals surface area contributed by atoms with Crippen LogP contribution in [-0.2, 0) is 14.3 Å². The Labute approximate surface area is 134 Å². The number of hydrogen-bond donors (Lipinski definition) is 0. The Balaban J connectivity index is 1.92. The van der Waals surface area contributed by atoms with Crippen LogP contribution in [0.5, 0.6) is 0 Å². The molecule has 0 bridgehead atoms. The number of esters is 1. The largest absolute Gasteiger partial charge is 0.461 e. The average molecular weight is 309 g/mol. The molecule has 0 N–H and O–H groups in total. The molecule has 22 heavy (non-hydrogen) atoms. The molecule has 1 aliphatic heterocycles. The highest BCUT2D eigenvalue weighted by molar-refractivity contribution is 5.80. The molecule has 0 aromatic carbocycles. The number of carbonyl (C=O) groups excluding carboxylic acids is 2. The molecule has 4 nitrogen and oxygen atoms in total. The van der Waals surface area contributed by atoms with Gasteiger partial charge in [0.2, 0.25) is 0 Å². The molecule has 1 heterocycles. The molecule has 0 aromatic heterocycles. The van der Waals surface area contributed by atoms with Gasteiger partial charge in [-0.2, -0.15) is 0 Å². The highest BCUT2D eigenvalue weighted by Gasteiger charge is 2.35. The Morgan fingerprint density at radius 2 is 1.82 bits per heavy atom. The van der Waals surface area contributed by atoms with Gasteiger partial charge in [0.1, 0.15) is 17.9 Å². The second-order valence-electron chi connectivity index (χ2n) is 7.55. The third kappa shape index (κ3) is 4.31. The molecule has 0 amide bonds. The summed E-state index contributed by atoms with van der Waals surface area (Å²) in [7, 11) is 0. The van der Waals surface area contributed by atoms with Gasteiger partial charge >= 0.3 is 5.97 Å². The topological polar surface area (TPSA) is 46.6 Å². The number of Topliss-reactive ketones (excluding diaryl/α,β-unsaturated/α-hetero) is 1. The summed E-state index contributed by atoms with van der Waals surface area (Å²) in [6, 6.07) is -0.238. The molecule has 2 rings (SSSR count). The van der Waals surface area contributed by atoms with Gasteiger partial charge in [0.05, 0.1) is 0 Å². The third-order valence-electron chi connectivity index (χ3n) is 5.47. The highest BCUT2D eigenvalue weighted by atomic mass is 16.5. The fourth-order valence-corrected chi connectivity index (χ4v) is 3.81. The Kier molecular flexibility index (Phi) is 6.01. The van der Waals surface area contributed by atoms with Crippen molar-refractivity contribution in [3.63, 3.8) is 0 Å². The zero-order chi connectivity index (χ0) is 16.3. The van der Waals surface area contributed by atoms with Crippen molar-refractivity contribution in [1.82, 2.24) is 4.90 Å². The van der Waals surface area contributed by atoms with Crippen molar-refractivity contribution in [2.75, 3.05) is 13.1 Å². The third-order valence-corrected chi connectivity index (χ3v) is 5.47. The molecule has 4 heteroatoms. The van der Waals surface area contributed by atoms with E-state index in [4.69, 9.17) is 4.74 Å². The molecule has 2 aliphatic rings. The van der Waals surface area contributed by atoms with Gasteiger partial charge in [-0.3, -0.25) is 14.5 Å². The van der Waals surface area contributed by atoms with E-state index >= 15 is 0 Å². The van der Waals surface area contributed by atoms with E-state index in [1.165, 1.54) is 6.42 Å². The zero-order valence-corrected chi connectivity index (χ0v) is 14.5. The number of nitrogens with zero attached hydrogens (tertiary/aromatic N) is 1. The molecule has 4 atom stereocenters. The Hall–Kier alpha value is -0.900. The number of likely N-dealkylation sites (tertiary alicyclic amines) is 1. The number of carbonyl (C=O) groups is 2. The molecule has 0 radical (unpaired) electrons. The summed E-state index contributed by atoms with van der Waals surface area (Å²) >= 11 is 0. The van der Waals surface area contributed by atoms with Crippen LogP contribution < -0.4 is 0 Å². The van der Waals surface area contributed by atoms with Crippen LogP contribution in [0.25, 0.3) is 0 Å². The molecule has 1 saturated heterocycles. The molecule has 4 unspecified atom stereocenters. The first-order valence-electron chi connectivity index (χ1n) is 8.84. The second-order valence-corrected chi connectivity index (χ2v) is 7.55. The minimum absolute atomic E-state index is 0.0603. The van der Waals surface area contributed by atoms with Crippen LogP contribution in [0.15, 0.2) is 0 Å². The van der Waals surface area contributed by atoms with Gasteiger partial charge in [-0.05, 0) is 37.5 Å². The van der Waals surface area contributed by atoms with E-state index in [0.717, 1.165) is 12.8 Å². The summed E-state index contributed by atoms with van der Waals surface area (Å²) in [6.45, 7) is 9.97. The van der Waals surface area contributed by atoms with Crippen molar-refractivity contribution in [2.24, 2.45) is 17.8 Å². The van der Waals surface area contributed by atoms with Crippen LogP contribution in [0.2, 0.25) is 0 Å². The first-order valence-corrected chi connectivity index (χ1v) is 8.84. The van der Waals surface area contributed by atoms with Gasteiger partial charge in [-0.15, -0.1) is 0 Å². The van der Waals surface area contributed by atoms with Crippen LogP contribution >= 0.6 is 0 Å². The highest BCUT2D eigenvalue weighted by Crippen LogP contribution is 2.35. The molecule has 1 saturated carbocycles. The molecule has 0 aromatic rings. The quantitative estimate of drug-likeness (QED) is 0.749. The Bertz CT molecular complexity index is 397. The second kappa shape index (κ2) is 7.58. The lowest BCUT2D eigenvalue weighted by atomic mass is 9.75. The van der Waals surface area contributed by atoms with Crippen LogP contribution in [0, 0.1) is 17.8 Å². The lowest BCUT2D eigenvalue weighted by Crippen LogP contribution is -2.47. The molecule has 1 aliphatic carbocycles. The van der Waals surface area contributed by atoms with E-state index in [2.05, 4.69) is 25.7 Å². The number of hydrogen-bond acceptors (Lipinski definition) is 4. The normalized spacial score (nSPS) is 32.0. The molecular weight excluding hydrogens is 278 g/mol. The number of piperidine rings is 1. The van der Waals surface area contributed by atoms with Crippen LogP contribution in [-0.4, -0.2) is 41.9 Å². The van der Waals surface area contributed by atoms with Crippen molar-refractivity contribution in [3.8, 4) is 0 Å². The minimum atomic E-state index is -0.238. The van der Waals surface area contributed by atoms with Gasteiger partial charge in [0, 0.05) is 25.9 Å². The van der Waals surface area contributed by atoms with E-state index < -0.39 is 0 Å². The average Bonchev–Trinajstić information content (AvgIpc) is 2.47. The van der Waals surface area contributed by atoms with Crippen molar-refractivity contribution >= 4 is 11.8 Å². The van der Waals surface area contributed by atoms with Crippen LogP contribution in [0.4, 0.5) is 0 Å². The van der Waals surface area contributed by atoms with Gasteiger partial charge in [0.25, 0.3) is 0 Å². The molecule has 2 fully saturated rings. The van der Waals surface area contributed by atoms with Crippen molar-refractivity contribution < 1.29 is 14.3 Å². The predicted molar refractivity (Wildman–Crippen MR) is 86.5 cm³/mol. The lowest BCUT2D eigenvalue weighted by molar-refractivity contribution is -0.162. The number of ether oxygens (including phenoxy) is 1. The fourth-order valence-electron chi connectivity index (χ4n) is 3.81. The van der Waals surface area contributed by atoms with Crippen molar-refractivity contribution in [2.45, 2.75) is 71.9 Å². The summed E-state index contributed by atoms with van der Waals surface area (Å²) in [5.41, 5.74) is 0. The maximum atomic E-state index is 12.5. The van der Waals surface area contributed by atoms with Gasteiger partial charge < -0.3 is 4.74 Å². The first-order chi connectivity index (χ1) is 10.4. The smallest absolute Gasteiger partial charge is 0.323 e.